The molecule has 1 heterocycles. The zero-order chi connectivity index (χ0) is 21.0. The highest BCUT2D eigenvalue weighted by atomic mass is 32.1. The van der Waals surface area contributed by atoms with Gasteiger partial charge in [-0.1, -0.05) is 35.1 Å². The predicted molar refractivity (Wildman–Crippen MR) is 115 cm³/mol. The largest absolute Gasteiger partial charge is 0.496 e. The van der Waals surface area contributed by atoms with Gasteiger partial charge in [-0.25, -0.2) is 0 Å². The minimum Gasteiger partial charge on any atom is -0.496 e. The number of fused-ring (bicyclic) bond motifs is 1. The van der Waals surface area contributed by atoms with Crippen LogP contribution in [-0.2, 0) is 17.8 Å². The Morgan fingerprint density at radius 1 is 1.10 bits per heavy atom. The minimum absolute atomic E-state index is 0.154. The summed E-state index contributed by atoms with van der Waals surface area (Å²) in [6.07, 6.45) is 1.92. The lowest BCUT2D eigenvalue weighted by Crippen LogP contribution is -2.17. The molecule has 0 aliphatic carbocycles. The fourth-order valence-electron chi connectivity index (χ4n) is 3.19. The first-order valence-electron chi connectivity index (χ1n) is 9.08. The van der Waals surface area contributed by atoms with Gasteiger partial charge in [0.15, 0.2) is 4.80 Å². The van der Waals surface area contributed by atoms with Crippen molar-refractivity contribution in [2.24, 2.45) is 4.99 Å². The molecule has 0 saturated heterocycles. The van der Waals surface area contributed by atoms with Crippen molar-refractivity contribution in [3.05, 3.63) is 58.9 Å². The maximum absolute atomic E-state index is 12.8. The topological polar surface area (TPSA) is 62.1 Å². The molecule has 29 heavy (non-hydrogen) atoms. The summed E-state index contributed by atoms with van der Waals surface area (Å²) in [5.41, 5.74) is 2.70. The Kier molecular flexibility index (Phi) is 6.39. The van der Waals surface area contributed by atoms with E-state index in [2.05, 4.69) is 11.6 Å². The standard InChI is InChI=1S/C22H24N2O4S/c1-6-11-24-20-17(27-4)9-10-18(28-5)21(20)29-22(24)23-19(25)13-15-12-14(2)7-8-16(15)26-3/h6-10,12H,1,11,13H2,2-5H3. The number of methoxy groups -OCH3 is 3. The first-order valence-corrected chi connectivity index (χ1v) is 9.90. The van der Waals surface area contributed by atoms with Gasteiger partial charge in [-0.3, -0.25) is 4.79 Å². The van der Waals surface area contributed by atoms with Gasteiger partial charge in [0.2, 0.25) is 0 Å². The number of amides is 1. The zero-order valence-corrected chi connectivity index (χ0v) is 17.8. The molecular formula is C22H24N2O4S. The highest BCUT2D eigenvalue weighted by Gasteiger charge is 2.16. The van der Waals surface area contributed by atoms with Crippen molar-refractivity contribution in [2.75, 3.05) is 21.3 Å². The van der Waals surface area contributed by atoms with Crippen LogP contribution in [0.1, 0.15) is 11.1 Å². The lowest BCUT2D eigenvalue weighted by atomic mass is 10.1. The molecule has 0 aliphatic rings. The van der Waals surface area contributed by atoms with Crippen LogP contribution in [0, 0.1) is 6.92 Å². The number of nitrogens with zero attached hydrogens (tertiary/aromatic N) is 2. The van der Waals surface area contributed by atoms with Crippen LogP contribution in [0.3, 0.4) is 0 Å². The summed E-state index contributed by atoms with van der Waals surface area (Å²) in [6.45, 7) is 6.30. The molecule has 3 aromatic rings. The molecule has 0 atom stereocenters. The number of aryl methyl sites for hydroxylation is 1. The van der Waals surface area contributed by atoms with E-state index in [1.807, 2.05) is 41.8 Å². The Labute approximate surface area is 173 Å². The average molecular weight is 413 g/mol. The fourth-order valence-corrected chi connectivity index (χ4v) is 4.36. The van der Waals surface area contributed by atoms with Crippen molar-refractivity contribution >= 4 is 27.5 Å². The number of carbonyl (C=O) groups excluding carboxylic acids is 1. The number of carbonyl (C=O) groups is 1. The Hall–Kier alpha value is -3.06. The maximum atomic E-state index is 12.8. The Morgan fingerprint density at radius 2 is 1.76 bits per heavy atom. The highest BCUT2D eigenvalue weighted by Crippen LogP contribution is 2.35. The van der Waals surface area contributed by atoms with Crippen LogP contribution >= 0.6 is 11.3 Å². The van der Waals surface area contributed by atoms with E-state index in [0.717, 1.165) is 21.3 Å². The summed E-state index contributed by atoms with van der Waals surface area (Å²) in [5, 5.41) is 0. The molecule has 0 spiro atoms. The highest BCUT2D eigenvalue weighted by molar-refractivity contribution is 7.16. The molecule has 0 aliphatic heterocycles. The van der Waals surface area contributed by atoms with Crippen molar-refractivity contribution in [3.63, 3.8) is 0 Å². The number of hydrogen-bond acceptors (Lipinski definition) is 5. The summed E-state index contributed by atoms with van der Waals surface area (Å²) in [4.78, 5) is 17.7. The van der Waals surface area contributed by atoms with Gasteiger partial charge in [0.1, 0.15) is 27.5 Å². The molecule has 1 amide bonds. The predicted octanol–water partition coefficient (Wildman–Crippen LogP) is 3.89. The second kappa shape index (κ2) is 8.96. The third kappa shape index (κ3) is 4.19. The molecule has 7 heteroatoms. The fraction of sp³-hybridized carbons (Fsp3) is 0.273. The summed E-state index contributed by atoms with van der Waals surface area (Å²) in [5.74, 6) is 1.82. The van der Waals surface area contributed by atoms with Gasteiger partial charge >= 0.3 is 0 Å². The van der Waals surface area contributed by atoms with E-state index in [9.17, 15) is 4.79 Å². The van der Waals surface area contributed by atoms with Gasteiger partial charge in [-0.2, -0.15) is 4.99 Å². The Morgan fingerprint density at radius 3 is 2.41 bits per heavy atom. The number of allylic oxidation sites excluding steroid dienone is 1. The molecule has 0 unspecified atom stereocenters. The van der Waals surface area contributed by atoms with E-state index in [1.54, 1.807) is 27.4 Å². The van der Waals surface area contributed by atoms with E-state index in [4.69, 9.17) is 14.2 Å². The number of benzene rings is 2. The van der Waals surface area contributed by atoms with Crippen molar-refractivity contribution in [2.45, 2.75) is 19.9 Å². The van der Waals surface area contributed by atoms with Crippen LogP contribution in [0.5, 0.6) is 17.2 Å². The summed E-state index contributed by atoms with van der Waals surface area (Å²) in [6, 6.07) is 9.45. The van der Waals surface area contributed by atoms with E-state index in [0.29, 0.717) is 28.6 Å². The molecule has 0 fully saturated rings. The lowest BCUT2D eigenvalue weighted by Gasteiger charge is -2.09. The molecular weight excluding hydrogens is 388 g/mol. The molecule has 152 valence electrons. The van der Waals surface area contributed by atoms with Gasteiger partial charge < -0.3 is 18.8 Å². The van der Waals surface area contributed by atoms with Crippen LogP contribution in [0.15, 0.2) is 48.0 Å². The molecule has 0 N–H and O–H groups in total. The Bertz CT molecular complexity index is 1130. The SMILES string of the molecule is C=CCn1c(=NC(=O)Cc2cc(C)ccc2OC)sc2c(OC)ccc(OC)c21. The first-order chi connectivity index (χ1) is 14.0. The molecule has 0 radical (unpaired) electrons. The minimum atomic E-state index is -0.254. The second-order valence-electron chi connectivity index (χ2n) is 6.43. The van der Waals surface area contributed by atoms with Gasteiger partial charge in [-0.05, 0) is 25.1 Å². The number of ether oxygens (including phenoxy) is 3. The second-order valence-corrected chi connectivity index (χ2v) is 7.41. The van der Waals surface area contributed by atoms with E-state index < -0.39 is 0 Å². The quantitative estimate of drug-likeness (QED) is 0.553. The van der Waals surface area contributed by atoms with E-state index in [1.165, 1.54) is 11.3 Å². The summed E-state index contributed by atoms with van der Waals surface area (Å²) < 4.78 is 19.2. The lowest BCUT2D eigenvalue weighted by molar-refractivity contribution is -0.117. The van der Waals surface area contributed by atoms with Crippen LogP contribution in [0.4, 0.5) is 0 Å². The first kappa shape index (κ1) is 20.7. The number of hydrogen-bond donors (Lipinski definition) is 0. The third-order valence-electron chi connectivity index (χ3n) is 4.50. The average Bonchev–Trinajstić information content (AvgIpc) is 3.05. The Balaban J connectivity index is 2.12. The smallest absolute Gasteiger partial charge is 0.252 e. The molecule has 0 saturated carbocycles. The van der Waals surface area contributed by atoms with Gasteiger partial charge in [0, 0.05) is 12.1 Å². The zero-order valence-electron chi connectivity index (χ0n) is 17.0. The maximum Gasteiger partial charge on any atom is 0.252 e. The summed E-state index contributed by atoms with van der Waals surface area (Å²) in [7, 11) is 4.83. The monoisotopic (exact) mass is 412 g/mol. The molecule has 2 aromatic carbocycles. The molecule has 3 rings (SSSR count). The van der Waals surface area contributed by atoms with Crippen LogP contribution in [0.2, 0.25) is 0 Å². The van der Waals surface area contributed by atoms with E-state index >= 15 is 0 Å². The van der Waals surface area contributed by atoms with Crippen molar-refractivity contribution in [1.29, 1.82) is 0 Å². The number of rotatable bonds is 7. The normalized spacial score (nSPS) is 11.5. The summed E-state index contributed by atoms with van der Waals surface area (Å²) >= 11 is 1.39. The third-order valence-corrected chi connectivity index (χ3v) is 5.59. The van der Waals surface area contributed by atoms with Gasteiger partial charge in [0.25, 0.3) is 5.91 Å². The van der Waals surface area contributed by atoms with Crippen molar-refractivity contribution < 1.29 is 19.0 Å². The number of aromatic nitrogens is 1. The molecule has 1 aromatic heterocycles. The van der Waals surface area contributed by atoms with E-state index in [-0.39, 0.29) is 12.3 Å². The van der Waals surface area contributed by atoms with Crippen molar-refractivity contribution in [3.8, 4) is 17.2 Å². The van der Waals surface area contributed by atoms with Gasteiger partial charge in [0.05, 0.1) is 27.8 Å². The molecule has 6 nitrogen and oxygen atoms in total. The van der Waals surface area contributed by atoms with Crippen molar-refractivity contribution in [1.82, 2.24) is 4.57 Å². The van der Waals surface area contributed by atoms with Crippen LogP contribution < -0.4 is 19.0 Å². The van der Waals surface area contributed by atoms with Gasteiger partial charge in [-0.15, -0.1) is 6.58 Å². The van der Waals surface area contributed by atoms with Crippen LogP contribution in [-0.4, -0.2) is 31.8 Å². The molecule has 0 bridgehead atoms. The van der Waals surface area contributed by atoms with Crippen LogP contribution in [0.25, 0.3) is 10.2 Å². The number of thiazole rings is 1.